The Labute approximate surface area is 208 Å². The van der Waals surface area contributed by atoms with E-state index in [0.29, 0.717) is 15.6 Å². The zero-order valence-electron chi connectivity index (χ0n) is 19.9. The molecule has 0 bridgehead atoms. The van der Waals surface area contributed by atoms with Crippen molar-refractivity contribution >= 4 is 33.7 Å². The van der Waals surface area contributed by atoms with Gasteiger partial charge in [0.1, 0.15) is 23.0 Å². The van der Waals surface area contributed by atoms with Crippen molar-refractivity contribution in [2.24, 2.45) is 0 Å². The molecule has 0 aliphatic carbocycles. The van der Waals surface area contributed by atoms with E-state index in [0.717, 1.165) is 24.3 Å². The molecule has 0 spiro atoms. The molecule has 2 N–H and O–H groups in total. The molecule has 190 valence electrons. The smallest absolute Gasteiger partial charge is 0.330 e. The van der Waals surface area contributed by atoms with E-state index in [9.17, 15) is 27.5 Å². The maximum atomic E-state index is 13.8. The van der Waals surface area contributed by atoms with Gasteiger partial charge in [-0.1, -0.05) is 12.1 Å². The molecule has 0 unspecified atom stereocenters. The van der Waals surface area contributed by atoms with Crippen molar-refractivity contribution in [2.45, 2.75) is 62.1 Å². The average molecular weight is 525 g/mol. The summed E-state index contributed by atoms with van der Waals surface area (Å²) in [7, 11) is -4.59. The number of thioether (sulfide) groups is 1. The molecule has 2 aromatic rings. The van der Waals surface area contributed by atoms with Crippen LogP contribution in [0.4, 0.5) is 4.39 Å². The molecule has 1 amide bonds. The van der Waals surface area contributed by atoms with Gasteiger partial charge in [0.2, 0.25) is 0 Å². The van der Waals surface area contributed by atoms with Crippen molar-refractivity contribution < 1.29 is 32.2 Å². The third-order valence-corrected chi connectivity index (χ3v) is 8.58. The lowest BCUT2D eigenvalue weighted by molar-refractivity contribution is -0.155. The zero-order valence-corrected chi connectivity index (χ0v) is 21.5. The number of phenols is 1. The van der Waals surface area contributed by atoms with Crippen LogP contribution in [0.3, 0.4) is 0 Å². The molecule has 1 aliphatic heterocycles. The number of benzene rings is 2. The van der Waals surface area contributed by atoms with Gasteiger partial charge in [-0.05, 0) is 69.7 Å². The molecule has 1 aliphatic rings. The first-order valence-corrected chi connectivity index (χ1v) is 13.5. The number of carbonyl (C=O) groups is 2. The molecule has 0 saturated carbocycles. The highest BCUT2D eigenvalue weighted by atomic mass is 32.2. The van der Waals surface area contributed by atoms with Crippen molar-refractivity contribution in [2.75, 3.05) is 5.75 Å². The highest BCUT2D eigenvalue weighted by Crippen LogP contribution is 2.31. The predicted molar refractivity (Wildman–Crippen MR) is 131 cm³/mol. The minimum atomic E-state index is -4.59. The lowest BCUT2D eigenvalue weighted by Gasteiger charge is -2.32. The first kappa shape index (κ1) is 27.0. The summed E-state index contributed by atoms with van der Waals surface area (Å²) in [6, 6.07) is 8.38. The van der Waals surface area contributed by atoms with Gasteiger partial charge in [-0.3, -0.25) is 10.1 Å². The van der Waals surface area contributed by atoms with E-state index in [4.69, 9.17) is 4.74 Å². The first-order valence-electron chi connectivity index (χ1n) is 11.0. The van der Waals surface area contributed by atoms with Gasteiger partial charge in [0.25, 0.3) is 15.9 Å². The van der Waals surface area contributed by atoms with Crippen LogP contribution < -0.4 is 5.32 Å². The van der Waals surface area contributed by atoms with Crippen LogP contribution in [0.5, 0.6) is 5.75 Å². The molecular formula is C24H29FN2O6S2. The second-order valence-corrected chi connectivity index (χ2v) is 12.1. The molecule has 11 heteroatoms. The van der Waals surface area contributed by atoms with E-state index < -0.39 is 50.8 Å². The molecule has 0 radical (unpaired) electrons. The Morgan fingerprint density at radius 2 is 1.77 bits per heavy atom. The van der Waals surface area contributed by atoms with Gasteiger partial charge in [0.15, 0.2) is 0 Å². The number of halogens is 1. The molecule has 2 atom stereocenters. The van der Waals surface area contributed by atoms with Crippen LogP contribution in [-0.2, 0) is 30.8 Å². The number of rotatable bonds is 8. The number of hydrogen-bond acceptors (Lipinski definition) is 8. The molecular weight excluding hydrogens is 495 g/mol. The fraction of sp³-hybridized carbons (Fsp3) is 0.417. The lowest BCUT2D eigenvalue weighted by Crippen LogP contribution is -2.56. The molecule has 2 aromatic carbocycles. The predicted octanol–water partition coefficient (Wildman–Crippen LogP) is 3.05. The second kappa shape index (κ2) is 10.5. The highest BCUT2D eigenvalue weighted by molar-refractivity contribution is 8.01. The summed E-state index contributed by atoms with van der Waals surface area (Å²) in [5, 5.41) is 11.8. The normalized spacial score (nSPS) is 18.3. The molecule has 0 aromatic heterocycles. The molecule has 1 heterocycles. The Balaban J connectivity index is 2.12. The minimum absolute atomic E-state index is 0.00397. The number of carbonyl (C=O) groups excluding carboxylic acids is 2. The van der Waals surface area contributed by atoms with Gasteiger partial charge in [0, 0.05) is 17.7 Å². The van der Waals surface area contributed by atoms with Crippen LogP contribution in [0.1, 0.15) is 33.3 Å². The molecule has 1 fully saturated rings. The molecule has 3 rings (SSSR count). The summed E-state index contributed by atoms with van der Waals surface area (Å²) in [6.07, 6.45) is -0.744. The quantitative estimate of drug-likeness (QED) is 0.507. The van der Waals surface area contributed by atoms with Gasteiger partial charge < -0.3 is 9.84 Å². The summed E-state index contributed by atoms with van der Waals surface area (Å²) in [6.45, 7) is 7.00. The topological polar surface area (TPSA) is 113 Å². The largest absolute Gasteiger partial charge is 0.508 e. The number of hydrogen-bond donors (Lipinski definition) is 2. The van der Waals surface area contributed by atoms with Gasteiger partial charge in [-0.25, -0.2) is 21.9 Å². The second-order valence-electron chi connectivity index (χ2n) is 9.18. The number of aromatic hydroxyl groups is 1. The van der Waals surface area contributed by atoms with E-state index in [-0.39, 0.29) is 17.1 Å². The van der Waals surface area contributed by atoms with Crippen molar-refractivity contribution in [1.29, 1.82) is 0 Å². The van der Waals surface area contributed by atoms with Gasteiger partial charge in [-0.15, -0.1) is 11.8 Å². The van der Waals surface area contributed by atoms with Crippen LogP contribution in [-0.4, -0.2) is 58.5 Å². The number of ether oxygens (including phenoxy) is 1. The summed E-state index contributed by atoms with van der Waals surface area (Å²) in [5.41, 5.74) is 0.0780. The number of phenolic OH excluding ortho intramolecular Hbond substituents is 1. The maximum absolute atomic E-state index is 13.8. The summed E-state index contributed by atoms with van der Waals surface area (Å²) in [4.78, 5) is 26.6. The number of nitrogens with one attached hydrogen (secondary N) is 1. The number of amides is 1. The molecule has 35 heavy (non-hydrogen) atoms. The van der Waals surface area contributed by atoms with Crippen LogP contribution in [0.15, 0.2) is 53.4 Å². The van der Waals surface area contributed by atoms with Crippen molar-refractivity contribution in [3.63, 3.8) is 0 Å². The monoisotopic (exact) mass is 524 g/mol. The van der Waals surface area contributed by atoms with E-state index in [1.807, 2.05) is 13.8 Å². The van der Waals surface area contributed by atoms with Crippen LogP contribution >= 0.6 is 11.8 Å². The minimum Gasteiger partial charge on any atom is -0.508 e. The van der Waals surface area contributed by atoms with Gasteiger partial charge in [0.05, 0.1) is 11.0 Å². The first-order chi connectivity index (χ1) is 16.3. The Hall–Kier alpha value is -2.63. The SMILES string of the molecule is CC(C)OC(=O)[C@H](Cc1ccc(O)cc1)N(C(=O)[C@H]1NC(C)(C)CS1)S(=O)(=O)c1ccc(F)cc1. The standard InChI is InChI=1S/C24H29FN2O6S2/c1-15(2)33-23(30)20(13-16-5-9-18(28)10-6-16)27(22(29)21-26-24(3,4)14-34-21)35(31,32)19-11-7-17(25)8-12-19/h5-12,15,20-21,26,28H,13-14H2,1-4H3/t20-,21-/m0/s1. The number of sulfonamides is 1. The third kappa shape index (κ3) is 6.53. The van der Waals surface area contributed by atoms with E-state index in [1.165, 1.54) is 36.0 Å². The maximum Gasteiger partial charge on any atom is 0.330 e. The average Bonchev–Trinajstić information content (AvgIpc) is 3.14. The Morgan fingerprint density at radius 1 is 1.17 bits per heavy atom. The Bertz CT molecular complexity index is 1170. The van der Waals surface area contributed by atoms with Gasteiger partial charge >= 0.3 is 5.97 Å². The van der Waals surface area contributed by atoms with Crippen molar-refractivity contribution in [3.05, 3.63) is 59.9 Å². The van der Waals surface area contributed by atoms with E-state index in [2.05, 4.69) is 5.32 Å². The van der Waals surface area contributed by atoms with E-state index in [1.54, 1.807) is 13.8 Å². The number of esters is 1. The summed E-state index contributed by atoms with van der Waals surface area (Å²) < 4.78 is 47.0. The van der Waals surface area contributed by atoms with Gasteiger partial charge in [-0.2, -0.15) is 0 Å². The zero-order chi connectivity index (χ0) is 26.0. The summed E-state index contributed by atoms with van der Waals surface area (Å²) in [5.74, 6) is -1.82. The molecule has 1 saturated heterocycles. The van der Waals surface area contributed by atoms with E-state index >= 15 is 0 Å². The lowest BCUT2D eigenvalue weighted by atomic mass is 10.1. The fourth-order valence-corrected chi connectivity index (χ4v) is 6.50. The van der Waals surface area contributed by atoms with Crippen LogP contribution in [0.2, 0.25) is 0 Å². The van der Waals surface area contributed by atoms with Crippen LogP contribution in [0.25, 0.3) is 0 Å². The van der Waals surface area contributed by atoms with Crippen molar-refractivity contribution in [3.8, 4) is 5.75 Å². The van der Waals surface area contributed by atoms with Crippen LogP contribution in [0, 0.1) is 5.82 Å². The Kier molecular flexibility index (Phi) is 8.13. The third-order valence-electron chi connectivity index (χ3n) is 5.22. The van der Waals surface area contributed by atoms with Crippen molar-refractivity contribution in [1.82, 2.24) is 9.62 Å². The Morgan fingerprint density at radius 3 is 2.29 bits per heavy atom. The highest BCUT2D eigenvalue weighted by Gasteiger charge is 2.46. The fourth-order valence-electron chi connectivity index (χ4n) is 3.57. The summed E-state index contributed by atoms with van der Waals surface area (Å²) >= 11 is 1.24. The molecule has 8 nitrogen and oxygen atoms in total. The number of nitrogens with zero attached hydrogens (tertiary/aromatic N) is 1.